The number of nitro groups is 1. The smallest absolute Gasteiger partial charge is 0.273 e. The number of methoxy groups -OCH3 is 1. The highest BCUT2D eigenvalue weighted by Gasteiger charge is 2.29. The van der Waals surface area contributed by atoms with Crippen molar-refractivity contribution < 1.29 is 18.1 Å². The van der Waals surface area contributed by atoms with Gasteiger partial charge in [0.1, 0.15) is 0 Å². The summed E-state index contributed by atoms with van der Waals surface area (Å²) in [6, 6.07) is 13.2. The molecule has 0 bridgehead atoms. The van der Waals surface area contributed by atoms with Crippen LogP contribution in [0.25, 0.3) is 0 Å². The van der Waals surface area contributed by atoms with Gasteiger partial charge >= 0.3 is 0 Å². The molecule has 0 aromatic heterocycles. The molecule has 7 nitrogen and oxygen atoms in total. The number of hydrogen-bond acceptors (Lipinski definition) is 5. The Bertz CT molecular complexity index is 837. The number of rotatable bonds is 8. The van der Waals surface area contributed by atoms with Crippen LogP contribution in [0.1, 0.15) is 11.1 Å². The third kappa shape index (κ3) is 4.41. The topological polar surface area (TPSA) is 89.8 Å². The first kappa shape index (κ1) is 19.0. The largest absolute Gasteiger partial charge is 0.383 e. The fourth-order valence-electron chi connectivity index (χ4n) is 2.48. The van der Waals surface area contributed by atoms with Crippen molar-refractivity contribution in [2.24, 2.45) is 0 Å². The van der Waals surface area contributed by atoms with Crippen molar-refractivity contribution in [1.82, 2.24) is 4.31 Å². The maximum absolute atomic E-state index is 13.1. The summed E-state index contributed by atoms with van der Waals surface area (Å²) < 4.78 is 32.5. The van der Waals surface area contributed by atoms with Crippen molar-refractivity contribution >= 4 is 15.7 Å². The Morgan fingerprint density at radius 3 is 2.40 bits per heavy atom. The van der Waals surface area contributed by atoms with E-state index in [9.17, 15) is 18.5 Å². The van der Waals surface area contributed by atoms with Gasteiger partial charge in [-0.3, -0.25) is 10.1 Å². The van der Waals surface area contributed by atoms with Crippen molar-refractivity contribution in [3.05, 3.63) is 69.8 Å². The van der Waals surface area contributed by atoms with E-state index in [0.29, 0.717) is 0 Å². The summed E-state index contributed by atoms with van der Waals surface area (Å²) in [7, 11) is -2.42. The number of nitro benzene ring substituents is 1. The SMILES string of the molecule is COCCN(Cc1ccccc1)S(=O)(=O)c1cccc([N+](=O)[O-])c1C. The Balaban J connectivity index is 2.44. The van der Waals surface area contributed by atoms with Crippen LogP contribution in [0.4, 0.5) is 5.69 Å². The van der Waals surface area contributed by atoms with Crippen molar-refractivity contribution in [2.75, 3.05) is 20.3 Å². The monoisotopic (exact) mass is 364 g/mol. The quantitative estimate of drug-likeness (QED) is 0.531. The molecule has 134 valence electrons. The van der Waals surface area contributed by atoms with Gasteiger partial charge in [-0.25, -0.2) is 8.42 Å². The molecule has 0 amide bonds. The van der Waals surface area contributed by atoms with E-state index >= 15 is 0 Å². The highest BCUT2D eigenvalue weighted by atomic mass is 32.2. The van der Waals surface area contributed by atoms with Crippen molar-refractivity contribution in [3.8, 4) is 0 Å². The summed E-state index contributed by atoms with van der Waals surface area (Å²) in [5.74, 6) is 0. The molecule has 0 heterocycles. The van der Waals surface area contributed by atoms with Crippen LogP contribution in [0.15, 0.2) is 53.4 Å². The minimum Gasteiger partial charge on any atom is -0.383 e. The van der Waals surface area contributed by atoms with Gasteiger partial charge in [-0.15, -0.1) is 0 Å². The highest BCUT2D eigenvalue weighted by molar-refractivity contribution is 7.89. The van der Waals surface area contributed by atoms with Crippen LogP contribution >= 0.6 is 0 Å². The summed E-state index contributed by atoms with van der Waals surface area (Å²) in [4.78, 5) is 10.5. The molecule has 0 fully saturated rings. The second-order valence-corrected chi connectivity index (χ2v) is 7.38. The molecular weight excluding hydrogens is 344 g/mol. The molecular formula is C17H20N2O5S. The zero-order valence-electron chi connectivity index (χ0n) is 14.1. The first-order valence-electron chi connectivity index (χ1n) is 7.65. The third-order valence-corrected chi connectivity index (χ3v) is 5.81. The van der Waals surface area contributed by atoms with E-state index in [1.807, 2.05) is 30.3 Å². The van der Waals surface area contributed by atoms with E-state index < -0.39 is 14.9 Å². The van der Waals surface area contributed by atoms with Crippen molar-refractivity contribution in [1.29, 1.82) is 0 Å². The number of benzene rings is 2. The molecule has 0 spiro atoms. The lowest BCUT2D eigenvalue weighted by Gasteiger charge is -2.23. The number of sulfonamides is 1. The molecule has 0 atom stereocenters. The molecule has 2 aromatic rings. The predicted molar refractivity (Wildman–Crippen MR) is 93.7 cm³/mol. The number of nitrogens with zero attached hydrogens (tertiary/aromatic N) is 2. The van der Waals surface area contributed by atoms with Crippen LogP contribution in [0.3, 0.4) is 0 Å². The van der Waals surface area contributed by atoms with E-state index in [-0.39, 0.29) is 35.8 Å². The second-order valence-electron chi connectivity index (χ2n) is 5.47. The van der Waals surface area contributed by atoms with Gasteiger partial charge in [0, 0.05) is 31.8 Å². The Hall–Kier alpha value is -2.29. The average Bonchev–Trinajstić information content (AvgIpc) is 2.59. The predicted octanol–water partition coefficient (Wildman–Crippen LogP) is 2.74. The lowest BCUT2D eigenvalue weighted by Crippen LogP contribution is -2.34. The van der Waals surface area contributed by atoms with Gasteiger partial charge in [0.15, 0.2) is 0 Å². The summed E-state index contributed by atoms with van der Waals surface area (Å²) >= 11 is 0. The van der Waals surface area contributed by atoms with Gasteiger partial charge in [0.2, 0.25) is 10.0 Å². The van der Waals surface area contributed by atoms with E-state index in [4.69, 9.17) is 4.74 Å². The Morgan fingerprint density at radius 1 is 1.12 bits per heavy atom. The molecule has 0 saturated heterocycles. The van der Waals surface area contributed by atoms with Gasteiger partial charge < -0.3 is 4.74 Å². The van der Waals surface area contributed by atoms with Crippen molar-refractivity contribution in [2.45, 2.75) is 18.4 Å². The maximum atomic E-state index is 13.1. The number of hydrogen-bond donors (Lipinski definition) is 0. The van der Waals surface area contributed by atoms with E-state index in [0.717, 1.165) is 5.56 Å². The second kappa shape index (κ2) is 8.19. The zero-order chi connectivity index (χ0) is 18.4. The molecule has 25 heavy (non-hydrogen) atoms. The molecule has 0 radical (unpaired) electrons. The summed E-state index contributed by atoms with van der Waals surface area (Å²) in [5.41, 5.74) is 0.737. The highest BCUT2D eigenvalue weighted by Crippen LogP contribution is 2.27. The normalized spacial score (nSPS) is 11.6. The fourth-order valence-corrected chi connectivity index (χ4v) is 4.14. The maximum Gasteiger partial charge on any atom is 0.273 e. The molecule has 0 N–H and O–H groups in total. The van der Waals surface area contributed by atoms with E-state index in [2.05, 4.69) is 0 Å². The lowest BCUT2D eigenvalue weighted by molar-refractivity contribution is -0.385. The van der Waals surface area contributed by atoms with Crippen LogP contribution in [-0.2, 0) is 21.3 Å². The molecule has 8 heteroatoms. The standard InChI is InChI=1S/C17H20N2O5S/c1-14-16(19(20)21)9-6-10-17(14)25(22,23)18(11-12-24-2)13-15-7-4-3-5-8-15/h3-10H,11-13H2,1-2H3. The molecule has 0 aliphatic rings. The molecule has 2 aromatic carbocycles. The fraction of sp³-hybridized carbons (Fsp3) is 0.294. The minimum absolute atomic E-state index is 0.0614. The molecule has 0 aliphatic heterocycles. The third-order valence-electron chi connectivity index (χ3n) is 3.82. The Labute approximate surface area is 147 Å². The summed E-state index contributed by atoms with van der Waals surface area (Å²) in [5, 5.41) is 11.1. The Kier molecular flexibility index (Phi) is 6.24. The minimum atomic E-state index is -3.91. The van der Waals surface area contributed by atoms with Crippen LogP contribution < -0.4 is 0 Å². The van der Waals surface area contributed by atoms with Crippen LogP contribution in [0, 0.1) is 17.0 Å². The molecule has 0 unspecified atom stereocenters. The molecule has 0 saturated carbocycles. The van der Waals surface area contributed by atoms with Gasteiger partial charge in [-0.2, -0.15) is 4.31 Å². The molecule has 0 aliphatic carbocycles. The Morgan fingerprint density at radius 2 is 1.80 bits per heavy atom. The van der Waals surface area contributed by atoms with Crippen LogP contribution in [0.5, 0.6) is 0 Å². The zero-order valence-corrected chi connectivity index (χ0v) is 14.9. The van der Waals surface area contributed by atoms with E-state index in [1.54, 1.807) is 0 Å². The average molecular weight is 364 g/mol. The summed E-state index contributed by atoms with van der Waals surface area (Å²) in [6.45, 7) is 1.98. The van der Waals surface area contributed by atoms with Crippen molar-refractivity contribution in [3.63, 3.8) is 0 Å². The van der Waals surface area contributed by atoms with Crippen LogP contribution in [-0.4, -0.2) is 37.9 Å². The lowest BCUT2D eigenvalue weighted by atomic mass is 10.2. The first-order valence-corrected chi connectivity index (χ1v) is 9.09. The van der Waals surface area contributed by atoms with Gasteiger partial charge in [0.25, 0.3) is 5.69 Å². The molecule has 2 rings (SSSR count). The van der Waals surface area contributed by atoms with E-state index in [1.165, 1.54) is 36.5 Å². The van der Waals surface area contributed by atoms with Gasteiger partial charge in [-0.05, 0) is 18.6 Å². The van der Waals surface area contributed by atoms with Gasteiger partial charge in [-0.1, -0.05) is 36.4 Å². The summed E-state index contributed by atoms with van der Waals surface area (Å²) in [6.07, 6.45) is 0. The number of ether oxygens (including phenoxy) is 1. The van der Waals surface area contributed by atoms with Crippen LogP contribution in [0.2, 0.25) is 0 Å². The van der Waals surface area contributed by atoms with Gasteiger partial charge in [0.05, 0.1) is 16.4 Å². The first-order chi connectivity index (χ1) is 11.9.